The number of benzene rings is 1. The summed E-state index contributed by atoms with van der Waals surface area (Å²) >= 11 is 7.06. The van der Waals surface area contributed by atoms with Crippen LogP contribution in [0.1, 0.15) is 31.7 Å². The zero-order chi connectivity index (χ0) is 14.8. The second-order valence-corrected chi connectivity index (χ2v) is 7.43. The summed E-state index contributed by atoms with van der Waals surface area (Å²) in [5, 5.41) is 3.66. The number of nitrogens with two attached hydrogens (primary N) is 1. The van der Waals surface area contributed by atoms with Gasteiger partial charge in [-0.05, 0) is 43.1 Å². The Morgan fingerprint density at radius 3 is 2.90 bits per heavy atom. The molecule has 1 heterocycles. The van der Waals surface area contributed by atoms with E-state index in [2.05, 4.69) is 30.4 Å². The molecule has 0 amide bonds. The molecule has 3 rings (SSSR count). The molecule has 114 valence electrons. The largest absolute Gasteiger partial charge is 0.389 e. The van der Waals surface area contributed by atoms with Gasteiger partial charge in [-0.2, -0.15) is 0 Å². The van der Waals surface area contributed by atoms with Gasteiger partial charge in [-0.25, -0.2) is 0 Å². The number of nitrogens with one attached hydrogen (secondary N) is 1. The van der Waals surface area contributed by atoms with E-state index in [-0.39, 0.29) is 0 Å². The molecule has 21 heavy (non-hydrogen) atoms. The van der Waals surface area contributed by atoms with Gasteiger partial charge in [-0.3, -0.25) is 0 Å². The molecule has 0 radical (unpaired) electrons. The van der Waals surface area contributed by atoms with Gasteiger partial charge in [0, 0.05) is 22.8 Å². The second-order valence-electron chi connectivity index (χ2n) is 5.69. The fourth-order valence-electron chi connectivity index (χ4n) is 3.04. The average Bonchev–Trinajstić information content (AvgIpc) is 3.20. The topological polar surface area (TPSA) is 47.3 Å². The monoisotopic (exact) mass is 322 g/mol. The molecule has 2 fully saturated rings. The van der Waals surface area contributed by atoms with Crippen LogP contribution in [-0.4, -0.2) is 29.5 Å². The molecule has 1 aliphatic carbocycles. The Kier molecular flexibility index (Phi) is 4.72. The van der Waals surface area contributed by atoms with Crippen LogP contribution in [-0.2, 0) is 4.74 Å². The van der Waals surface area contributed by atoms with Crippen LogP contribution in [0, 0.1) is 5.92 Å². The fraction of sp³-hybridized carbons (Fsp3) is 0.562. The molecule has 1 aromatic carbocycles. The highest BCUT2D eigenvalue weighted by Gasteiger charge is 2.40. The predicted molar refractivity (Wildman–Crippen MR) is 93.2 cm³/mol. The Morgan fingerprint density at radius 2 is 2.24 bits per heavy atom. The normalized spacial score (nSPS) is 25.0. The molecule has 0 spiro atoms. The Hall–Kier alpha value is -0.780. The van der Waals surface area contributed by atoms with Crippen molar-refractivity contribution in [3.63, 3.8) is 0 Å². The predicted octanol–water partition coefficient (Wildman–Crippen LogP) is 3.41. The first-order valence-electron chi connectivity index (χ1n) is 7.64. The van der Waals surface area contributed by atoms with Gasteiger partial charge < -0.3 is 15.8 Å². The summed E-state index contributed by atoms with van der Waals surface area (Å²) in [6.07, 6.45) is 4.02. The van der Waals surface area contributed by atoms with Crippen molar-refractivity contribution in [3.8, 4) is 0 Å². The van der Waals surface area contributed by atoms with Crippen LogP contribution in [0.3, 0.4) is 0 Å². The van der Waals surface area contributed by atoms with Crippen molar-refractivity contribution in [1.82, 2.24) is 0 Å². The number of rotatable bonds is 6. The van der Waals surface area contributed by atoms with Crippen LogP contribution in [0.2, 0.25) is 0 Å². The third-order valence-corrected chi connectivity index (χ3v) is 5.28. The second kappa shape index (κ2) is 6.55. The van der Waals surface area contributed by atoms with Crippen LogP contribution in [0.4, 0.5) is 5.69 Å². The van der Waals surface area contributed by atoms with Gasteiger partial charge in [0.2, 0.25) is 0 Å². The number of thioether (sulfide) groups is 1. The third kappa shape index (κ3) is 3.35. The first-order chi connectivity index (χ1) is 10.2. The van der Waals surface area contributed by atoms with Crippen molar-refractivity contribution in [2.24, 2.45) is 11.7 Å². The molecule has 1 aliphatic heterocycles. The van der Waals surface area contributed by atoms with E-state index < -0.39 is 0 Å². The molecule has 1 saturated heterocycles. The fourth-order valence-corrected chi connectivity index (χ4v) is 4.17. The summed E-state index contributed by atoms with van der Waals surface area (Å²) in [5.74, 6) is 1.75. The lowest BCUT2D eigenvalue weighted by Gasteiger charge is -2.23. The molecule has 2 aliphatic rings. The zero-order valence-electron chi connectivity index (χ0n) is 12.3. The van der Waals surface area contributed by atoms with Crippen LogP contribution >= 0.6 is 24.0 Å². The van der Waals surface area contributed by atoms with E-state index in [0.29, 0.717) is 17.1 Å². The summed E-state index contributed by atoms with van der Waals surface area (Å²) < 4.78 is 5.91. The highest BCUT2D eigenvalue weighted by Crippen LogP contribution is 2.40. The maximum absolute atomic E-state index is 5.97. The summed E-state index contributed by atoms with van der Waals surface area (Å²) in [5.41, 5.74) is 8.02. The SMILES string of the molecule is CCSc1cccc(NC2CCOC2C2CC2)c1C(N)=S. The Labute approximate surface area is 136 Å². The number of thiocarbonyl (C=S) groups is 1. The van der Waals surface area contributed by atoms with E-state index in [1.165, 1.54) is 12.8 Å². The maximum atomic E-state index is 5.97. The van der Waals surface area contributed by atoms with E-state index in [1.54, 1.807) is 11.8 Å². The van der Waals surface area contributed by atoms with Crippen molar-refractivity contribution in [1.29, 1.82) is 0 Å². The van der Waals surface area contributed by atoms with Gasteiger partial charge in [-0.15, -0.1) is 11.8 Å². The van der Waals surface area contributed by atoms with E-state index in [9.17, 15) is 0 Å². The quantitative estimate of drug-likeness (QED) is 0.621. The van der Waals surface area contributed by atoms with E-state index in [4.69, 9.17) is 22.7 Å². The van der Waals surface area contributed by atoms with Crippen molar-refractivity contribution in [2.75, 3.05) is 17.7 Å². The lowest BCUT2D eigenvalue weighted by Crippen LogP contribution is -2.32. The van der Waals surface area contributed by atoms with Crippen molar-refractivity contribution in [3.05, 3.63) is 23.8 Å². The standard InChI is InChI=1S/C16H22N2OS2/c1-2-21-13-5-3-4-11(14(13)16(17)20)18-12-8-9-19-15(12)10-6-7-10/h3-5,10,12,15,18H,2,6-9H2,1H3,(H2,17,20). The molecular weight excluding hydrogens is 300 g/mol. The molecule has 2 atom stereocenters. The first-order valence-corrected chi connectivity index (χ1v) is 9.04. The number of hydrogen-bond donors (Lipinski definition) is 2. The minimum Gasteiger partial charge on any atom is -0.389 e. The van der Waals surface area contributed by atoms with E-state index in [1.807, 2.05) is 0 Å². The summed E-state index contributed by atoms with van der Waals surface area (Å²) in [4.78, 5) is 1.63. The van der Waals surface area contributed by atoms with Crippen LogP contribution in [0.5, 0.6) is 0 Å². The van der Waals surface area contributed by atoms with E-state index >= 15 is 0 Å². The third-order valence-electron chi connectivity index (χ3n) is 4.14. The molecule has 3 N–H and O–H groups in total. The highest BCUT2D eigenvalue weighted by molar-refractivity contribution is 7.99. The van der Waals surface area contributed by atoms with Gasteiger partial charge in [0.05, 0.1) is 12.1 Å². The van der Waals surface area contributed by atoms with Gasteiger partial charge in [0.1, 0.15) is 4.99 Å². The molecule has 2 unspecified atom stereocenters. The highest BCUT2D eigenvalue weighted by atomic mass is 32.2. The number of hydrogen-bond acceptors (Lipinski definition) is 4. The van der Waals surface area contributed by atoms with Crippen molar-refractivity contribution >= 4 is 34.7 Å². The van der Waals surface area contributed by atoms with E-state index in [0.717, 1.165) is 40.8 Å². The molecule has 5 heteroatoms. The van der Waals surface area contributed by atoms with Crippen molar-refractivity contribution in [2.45, 2.75) is 43.2 Å². The minimum atomic E-state index is 0.353. The van der Waals surface area contributed by atoms with Gasteiger partial charge in [0.25, 0.3) is 0 Å². The Bertz CT molecular complexity index is 531. The summed E-state index contributed by atoms with van der Waals surface area (Å²) in [6.45, 7) is 2.99. The number of anilines is 1. The molecule has 0 bridgehead atoms. The summed E-state index contributed by atoms with van der Waals surface area (Å²) in [7, 11) is 0. The van der Waals surface area contributed by atoms with Crippen molar-refractivity contribution < 1.29 is 4.74 Å². The lowest BCUT2D eigenvalue weighted by molar-refractivity contribution is 0.0898. The van der Waals surface area contributed by atoms with Crippen LogP contribution < -0.4 is 11.1 Å². The minimum absolute atomic E-state index is 0.353. The molecule has 1 saturated carbocycles. The molecule has 3 nitrogen and oxygen atoms in total. The smallest absolute Gasteiger partial charge is 0.107 e. The van der Waals surface area contributed by atoms with Gasteiger partial charge >= 0.3 is 0 Å². The Balaban J connectivity index is 1.83. The van der Waals surface area contributed by atoms with Gasteiger partial charge in [0.15, 0.2) is 0 Å². The zero-order valence-corrected chi connectivity index (χ0v) is 13.9. The van der Waals surface area contributed by atoms with Crippen LogP contribution in [0.15, 0.2) is 23.1 Å². The molecule has 0 aromatic heterocycles. The van der Waals surface area contributed by atoms with Crippen LogP contribution in [0.25, 0.3) is 0 Å². The Morgan fingerprint density at radius 1 is 1.43 bits per heavy atom. The van der Waals surface area contributed by atoms with Gasteiger partial charge in [-0.1, -0.05) is 25.2 Å². The lowest BCUT2D eigenvalue weighted by atomic mass is 10.0. The molecule has 1 aromatic rings. The summed E-state index contributed by atoms with van der Waals surface area (Å²) in [6, 6.07) is 6.63. The number of ether oxygens (including phenoxy) is 1. The maximum Gasteiger partial charge on any atom is 0.107 e. The molecular formula is C16H22N2OS2. The average molecular weight is 322 g/mol. The first kappa shape index (κ1) is 15.1.